The molecule has 0 aliphatic carbocycles. The van der Waals surface area contributed by atoms with Crippen molar-refractivity contribution in [3.8, 4) is 0 Å². The Labute approximate surface area is 103 Å². The van der Waals surface area contributed by atoms with E-state index in [-0.39, 0.29) is 5.82 Å². The first-order chi connectivity index (χ1) is 6.72. The normalized spacial score (nSPS) is 10.8. The zero-order chi connectivity index (χ0) is 10.1. The van der Waals surface area contributed by atoms with Crippen molar-refractivity contribution >= 4 is 49.3 Å². The monoisotopic (exact) mass is 365 g/mol. The minimum Gasteiger partial charge on any atom is -0.259 e. The van der Waals surface area contributed by atoms with Crippen LogP contribution in [-0.4, -0.2) is 4.98 Å². The molecule has 4 heteroatoms. The number of alkyl halides is 1. The molecule has 1 heterocycles. The molecule has 0 amide bonds. The van der Waals surface area contributed by atoms with Gasteiger partial charge in [-0.05, 0) is 40.1 Å². The van der Waals surface area contributed by atoms with Crippen molar-refractivity contribution in [3.05, 3.63) is 39.5 Å². The number of rotatable bonds is 1. The first kappa shape index (κ1) is 10.3. The molecule has 0 saturated carbocycles. The summed E-state index contributed by atoms with van der Waals surface area (Å²) < 4.78 is 14.0. The molecule has 0 bridgehead atoms. The summed E-state index contributed by atoms with van der Waals surface area (Å²) in [6.07, 6.45) is 1.71. The van der Waals surface area contributed by atoms with Gasteiger partial charge in [0.1, 0.15) is 5.82 Å². The molecule has 0 aliphatic heterocycles. The Balaban J connectivity index is 2.77. The van der Waals surface area contributed by atoms with Gasteiger partial charge in [0.2, 0.25) is 0 Å². The van der Waals surface area contributed by atoms with E-state index in [2.05, 4.69) is 43.5 Å². The molecule has 0 saturated heterocycles. The van der Waals surface area contributed by atoms with Gasteiger partial charge in [-0.25, -0.2) is 4.39 Å². The molecule has 0 N–H and O–H groups in total. The first-order valence-corrected chi connectivity index (χ1v) is 6.21. The Hall–Kier alpha value is -0.230. The average molecular weight is 366 g/mol. The number of benzene rings is 1. The summed E-state index contributed by atoms with van der Waals surface area (Å²) in [6, 6.07) is 4.77. The minimum absolute atomic E-state index is 0.221. The van der Waals surface area contributed by atoms with Crippen LogP contribution in [0.25, 0.3) is 10.8 Å². The smallest absolute Gasteiger partial charge is 0.123 e. The molecule has 72 valence electrons. The summed E-state index contributed by atoms with van der Waals surface area (Å²) in [4.78, 5) is 4.24. The fourth-order valence-electron chi connectivity index (χ4n) is 1.29. The number of aromatic nitrogens is 1. The quantitative estimate of drug-likeness (QED) is 0.552. The first-order valence-electron chi connectivity index (χ1n) is 4.01. The summed E-state index contributed by atoms with van der Waals surface area (Å²) in [5, 5.41) is 2.62. The van der Waals surface area contributed by atoms with E-state index in [9.17, 15) is 4.39 Å². The molecular formula is C10H6BrFIN. The van der Waals surface area contributed by atoms with Crippen molar-refractivity contribution in [2.45, 2.75) is 5.33 Å². The lowest BCUT2D eigenvalue weighted by Gasteiger charge is -2.04. The summed E-state index contributed by atoms with van der Waals surface area (Å²) in [5.41, 5.74) is 0.990. The summed E-state index contributed by atoms with van der Waals surface area (Å²) in [5.74, 6) is -0.221. The predicted molar refractivity (Wildman–Crippen MR) is 67.0 cm³/mol. The summed E-state index contributed by atoms with van der Waals surface area (Å²) in [7, 11) is 0. The Bertz CT molecular complexity index is 487. The van der Waals surface area contributed by atoms with Crippen LogP contribution in [0, 0.1) is 9.39 Å². The highest BCUT2D eigenvalue weighted by Gasteiger charge is 2.05. The Morgan fingerprint density at radius 3 is 2.93 bits per heavy atom. The van der Waals surface area contributed by atoms with Gasteiger partial charge in [-0.2, -0.15) is 0 Å². The van der Waals surface area contributed by atoms with Crippen LogP contribution in [-0.2, 0) is 5.33 Å². The zero-order valence-electron chi connectivity index (χ0n) is 7.10. The highest BCUT2D eigenvalue weighted by atomic mass is 127. The van der Waals surface area contributed by atoms with E-state index in [0.29, 0.717) is 0 Å². The number of pyridine rings is 1. The van der Waals surface area contributed by atoms with E-state index in [1.54, 1.807) is 12.3 Å². The second kappa shape index (κ2) is 4.10. The third-order valence-corrected chi connectivity index (χ3v) is 3.72. The molecule has 2 rings (SSSR count). The van der Waals surface area contributed by atoms with Gasteiger partial charge in [0.25, 0.3) is 0 Å². The zero-order valence-corrected chi connectivity index (χ0v) is 10.8. The van der Waals surface area contributed by atoms with E-state index in [1.807, 2.05) is 0 Å². The van der Waals surface area contributed by atoms with Crippen molar-refractivity contribution in [2.75, 3.05) is 0 Å². The molecule has 0 aliphatic rings. The van der Waals surface area contributed by atoms with Crippen molar-refractivity contribution in [2.24, 2.45) is 0 Å². The minimum atomic E-state index is -0.221. The SMILES string of the molecule is Fc1ccc2c(I)c(CBr)ncc2c1. The maximum Gasteiger partial charge on any atom is 0.123 e. The van der Waals surface area contributed by atoms with Crippen LogP contribution in [0.2, 0.25) is 0 Å². The lowest BCUT2D eigenvalue weighted by Crippen LogP contribution is -1.91. The molecular weight excluding hydrogens is 360 g/mol. The lowest BCUT2D eigenvalue weighted by molar-refractivity contribution is 0.629. The summed E-state index contributed by atoms with van der Waals surface area (Å²) >= 11 is 5.60. The van der Waals surface area contributed by atoms with Gasteiger partial charge in [0.15, 0.2) is 0 Å². The molecule has 1 nitrogen and oxygen atoms in total. The van der Waals surface area contributed by atoms with Gasteiger partial charge in [0.05, 0.1) is 5.69 Å². The Morgan fingerprint density at radius 1 is 1.43 bits per heavy atom. The van der Waals surface area contributed by atoms with E-state index < -0.39 is 0 Å². The maximum absolute atomic E-state index is 12.9. The number of hydrogen-bond acceptors (Lipinski definition) is 1. The van der Waals surface area contributed by atoms with Crippen LogP contribution in [0.1, 0.15) is 5.69 Å². The molecule has 2 aromatic rings. The summed E-state index contributed by atoms with van der Waals surface area (Å²) in [6.45, 7) is 0. The predicted octanol–water partition coefficient (Wildman–Crippen LogP) is 3.87. The van der Waals surface area contributed by atoms with Crippen molar-refractivity contribution in [3.63, 3.8) is 0 Å². The van der Waals surface area contributed by atoms with Gasteiger partial charge in [0, 0.05) is 20.5 Å². The van der Waals surface area contributed by atoms with Crippen LogP contribution in [0.5, 0.6) is 0 Å². The highest BCUT2D eigenvalue weighted by Crippen LogP contribution is 2.24. The van der Waals surface area contributed by atoms with Crippen LogP contribution in [0.3, 0.4) is 0 Å². The van der Waals surface area contributed by atoms with E-state index in [1.165, 1.54) is 12.1 Å². The number of hydrogen-bond donors (Lipinski definition) is 0. The molecule has 1 aromatic carbocycles. The molecule has 14 heavy (non-hydrogen) atoms. The Kier molecular flexibility index (Phi) is 3.02. The number of halogens is 3. The molecule has 0 fully saturated rings. The standard InChI is InChI=1S/C10H6BrFIN/c11-4-9-10(13)8-2-1-7(12)3-6(8)5-14-9/h1-3,5H,4H2. The van der Waals surface area contributed by atoms with E-state index >= 15 is 0 Å². The van der Waals surface area contributed by atoms with E-state index in [4.69, 9.17) is 0 Å². The fourth-order valence-corrected chi connectivity index (χ4v) is 3.06. The van der Waals surface area contributed by atoms with Crippen molar-refractivity contribution in [1.82, 2.24) is 4.98 Å². The molecule has 0 atom stereocenters. The average Bonchev–Trinajstić information content (AvgIpc) is 2.18. The van der Waals surface area contributed by atoms with E-state index in [0.717, 1.165) is 25.4 Å². The number of nitrogens with zero attached hydrogens (tertiary/aromatic N) is 1. The Morgan fingerprint density at radius 2 is 2.21 bits per heavy atom. The topological polar surface area (TPSA) is 12.9 Å². The maximum atomic E-state index is 12.9. The molecule has 0 unspecified atom stereocenters. The molecule has 0 spiro atoms. The van der Waals surface area contributed by atoms with Crippen molar-refractivity contribution < 1.29 is 4.39 Å². The van der Waals surface area contributed by atoms with Crippen LogP contribution in [0.4, 0.5) is 4.39 Å². The van der Waals surface area contributed by atoms with Crippen LogP contribution in [0.15, 0.2) is 24.4 Å². The molecule has 1 aromatic heterocycles. The molecule has 0 radical (unpaired) electrons. The largest absolute Gasteiger partial charge is 0.259 e. The fraction of sp³-hybridized carbons (Fsp3) is 0.100. The second-order valence-corrected chi connectivity index (χ2v) is 4.52. The van der Waals surface area contributed by atoms with Gasteiger partial charge in [-0.3, -0.25) is 4.98 Å². The van der Waals surface area contributed by atoms with Crippen LogP contribution < -0.4 is 0 Å². The van der Waals surface area contributed by atoms with Gasteiger partial charge in [-0.15, -0.1) is 0 Å². The van der Waals surface area contributed by atoms with Crippen molar-refractivity contribution in [1.29, 1.82) is 0 Å². The van der Waals surface area contributed by atoms with Crippen LogP contribution >= 0.6 is 38.5 Å². The van der Waals surface area contributed by atoms with Gasteiger partial charge < -0.3 is 0 Å². The number of fused-ring (bicyclic) bond motifs is 1. The van der Waals surface area contributed by atoms with Gasteiger partial charge in [-0.1, -0.05) is 22.0 Å². The second-order valence-electron chi connectivity index (χ2n) is 2.88. The lowest BCUT2D eigenvalue weighted by atomic mass is 10.1. The third-order valence-electron chi connectivity index (χ3n) is 1.99. The highest BCUT2D eigenvalue weighted by molar-refractivity contribution is 14.1. The van der Waals surface area contributed by atoms with Gasteiger partial charge >= 0.3 is 0 Å². The third kappa shape index (κ3) is 1.77.